The molecule has 0 aromatic carbocycles. The van der Waals surface area contributed by atoms with E-state index in [9.17, 15) is 0 Å². The molecular formula is C5H13Br2N. The number of alkyl halides is 1. The zero-order valence-corrected chi connectivity index (χ0v) is 8.95. The summed E-state index contributed by atoms with van der Waals surface area (Å²) in [7, 11) is 6.46. The van der Waals surface area contributed by atoms with E-state index in [1.165, 1.54) is 0 Å². The molecule has 8 heavy (non-hydrogen) atoms. The van der Waals surface area contributed by atoms with E-state index in [2.05, 4.69) is 44.0 Å². The van der Waals surface area contributed by atoms with Gasteiger partial charge in [0.15, 0.2) is 0 Å². The molecule has 0 saturated carbocycles. The topological polar surface area (TPSA) is 0 Å². The summed E-state index contributed by atoms with van der Waals surface area (Å²) < 4.78 is 0.972. The fourth-order valence-corrected chi connectivity index (χ4v) is 0. The van der Waals surface area contributed by atoms with Gasteiger partial charge in [-0.25, -0.2) is 0 Å². The summed E-state index contributed by atoms with van der Waals surface area (Å²) in [6.07, 6.45) is 0. The van der Waals surface area contributed by atoms with E-state index >= 15 is 0 Å². The first-order valence-electron chi connectivity index (χ1n) is 2.40. The number of nitrogens with zero attached hydrogens (tertiary/aromatic N) is 1. The van der Waals surface area contributed by atoms with Crippen LogP contribution in [-0.2, 0) is 0 Å². The van der Waals surface area contributed by atoms with Gasteiger partial charge in [0, 0.05) is 0 Å². The van der Waals surface area contributed by atoms with Crippen LogP contribution in [0.15, 0.2) is 0 Å². The third-order valence-electron chi connectivity index (χ3n) is 1.07. The van der Waals surface area contributed by atoms with Crippen LogP contribution in [0.4, 0.5) is 0 Å². The lowest BCUT2D eigenvalue weighted by atomic mass is 10.6. The van der Waals surface area contributed by atoms with Crippen LogP contribution in [0.3, 0.4) is 0 Å². The molecule has 0 aliphatic rings. The Hall–Kier alpha value is 0.920. The normalized spacial score (nSPS) is 14.6. The van der Waals surface area contributed by atoms with Crippen molar-refractivity contribution < 1.29 is 21.5 Å². The number of quaternary nitrogens is 1. The van der Waals surface area contributed by atoms with Crippen LogP contribution in [0.2, 0.25) is 0 Å². The number of hydrogen-bond donors (Lipinski definition) is 0. The van der Waals surface area contributed by atoms with Crippen LogP contribution in [-0.4, -0.2) is 30.6 Å². The molecule has 0 heterocycles. The van der Waals surface area contributed by atoms with Gasteiger partial charge in [-0.3, -0.25) is 0 Å². The van der Waals surface area contributed by atoms with E-state index < -0.39 is 0 Å². The van der Waals surface area contributed by atoms with E-state index in [1.54, 1.807) is 0 Å². The molecule has 1 nitrogen and oxygen atoms in total. The zero-order valence-electron chi connectivity index (χ0n) is 5.78. The first kappa shape index (κ1) is 11.7. The number of halogens is 2. The summed E-state index contributed by atoms with van der Waals surface area (Å²) in [5, 5.41) is 0. The fraction of sp³-hybridized carbons (Fsp3) is 1.00. The van der Waals surface area contributed by atoms with Crippen molar-refractivity contribution >= 4 is 15.9 Å². The maximum Gasteiger partial charge on any atom is 0.140 e. The van der Waals surface area contributed by atoms with Gasteiger partial charge in [0.1, 0.15) is 4.95 Å². The molecule has 0 radical (unpaired) electrons. The molecule has 0 saturated heterocycles. The largest absolute Gasteiger partial charge is 1.00 e. The second kappa shape index (κ2) is 3.85. The van der Waals surface area contributed by atoms with Crippen molar-refractivity contribution in [1.29, 1.82) is 0 Å². The quantitative estimate of drug-likeness (QED) is 0.298. The smallest absolute Gasteiger partial charge is 0.140 e. The zero-order chi connectivity index (χ0) is 6.08. The lowest BCUT2D eigenvalue weighted by molar-refractivity contribution is -0.877. The third-order valence-corrected chi connectivity index (χ3v) is 2.30. The summed E-state index contributed by atoms with van der Waals surface area (Å²) in [4.78, 5) is 0.549. The SMILES string of the molecule is CC(Br)[N+](C)(C)C.[Br-]. The minimum absolute atomic E-state index is 0. The minimum atomic E-state index is 0. The molecule has 0 bridgehead atoms. The van der Waals surface area contributed by atoms with Gasteiger partial charge < -0.3 is 21.5 Å². The van der Waals surface area contributed by atoms with Crippen molar-refractivity contribution in [3.63, 3.8) is 0 Å². The highest BCUT2D eigenvalue weighted by Crippen LogP contribution is 2.07. The molecule has 0 N–H and O–H groups in total. The number of rotatable bonds is 1. The summed E-state index contributed by atoms with van der Waals surface area (Å²) in [6, 6.07) is 0. The maximum absolute atomic E-state index is 3.47. The highest BCUT2D eigenvalue weighted by atomic mass is 79.9. The van der Waals surface area contributed by atoms with Crippen molar-refractivity contribution in [1.82, 2.24) is 0 Å². The molecule has 0 aliphatic carbocycles. The first-order chi connectivity index (χ1) is 2.94. The van der Waals surface area contributed by atoms with Crippen LogP contribution in [0, 0.1) is 0 Å². The van der Waals surface area contributed by atoms with Crippen LogP contribution in [0.1, 0.15) is 6.92 Å². The Morgan fingerprint density at radius 3 is 1.38 bits per heavy atom. The van der Waals surface area contributed by atoms with E-state index in [1.807, 2.05) is 0 Å². The van der Waals surface area contributed by atoms with Gasteiger partial charge >= 0.3 is 0 Å². The second-order valence-corrected chi connectivity index (χ2v) is 4.02. The van der Waals surface area contributed by atoms with Gasteiger partial charge in [0.25, 0.3) is 0 Å². The van der Waals surface area contributed by atoms with Gasteiger partial charge in [0.05, 0.1) is 21.1 Å². The lowest BCUT2D eigenvalue weighted by Crippen LogP contribution is -3.00. The molecule has 0 aliphatic heterocycles. The molecule has 1 atom stereocenters. The molecule has 0 amide bonds. The van der Waals surface area contributed by atoms with Crippen molar-refractivity contribution in [3.8, 4) is 0 Å². The molecule has 3 heteroatoms. The first-order valence-corrected chi connectivity index (χ1v) is 3.31. The van der Waals surface area contributed by atoms with Crippen LogP contribution in [0.5, 0.6) is 0 Å². The van der Waals surface area contributed by atoms with Crippen LogP contribution in [0.25, 0.3) is 0 Å². The molecule has 52 valence electrons. The molecular weight excluding hydrogens is 234 g/mol. The van der Waals surface area contributed by atoms with Gasteiger partial charge in [-0.05, 0) is 22.9 Å². The van der Waals surface area contributed by atoms with E-state index in [-0.39, 0.29) is 17.0 Å². The van der Waals surface area contributed by atoms with Gasteiger partial charge in [-0.1, -0.05) is 0 Å². The van der Waals surface area contributed by atoms with E-state index in [0.717, 1.165) is 4.48 Å². The Kier molecular flexibility index (Phi) is 5.63. The van der Waals surface area contributed by atoms with Crippen molar-refractivity contribution in [2.24, 2.45) is 0 Å². The highest BCUT2D eigenvalue weighted by molar-refractivity contribution is 9.09. The highest BCUT2D eigenvalue weighted by Gasteiger charge is 2.12. The molecule has 0 rings (SSSR count). The third kappa shape index (κ3) is 5.06. The van der Waals surface area contributed by atoms with Crippen LogP contribution >= 0.6 is 15.9 Å². The van der Waals surface area contributed by atoms with Gasteiger partial charge in [-0.2, -0.15) is 0 Å². The average Bonchev–Trinajstić information content (AvgIpc) is 1.31. The van der Waals surface area contributed by atoms with Gasteiger partial charge in [-0.15, -0.1) is 0 Å². The predicted molar refractivity (Wildman–Crippen MR) is 36.4 cm³/mol. The molecule has 1 unspecified atom stereocenters. The van der Waals surface area contributed by atoms with Crippen LogP contribution < -0.4 is 17.0 Å². The predicted octanol–water partition coefficient (Wildman–Crippen LogP) is -1.56. The molecule has 0 spiro atoms. The average molecular weight is 247 g/mol. The van der Waals surface area contributed by atoms with Crippen molar-refractivity contribution in [3.05, 3.63) is 0 Å². The monoisotopic (exact) mass is 245 g/mol. The Bertz CT molecular complexity index is 55.9. The van der Waals surface area contributed by atoms with E-state index in [4.69, 9.17) is 0 Å². The summed E-state index contributed by atoms with van der Waals surface area (Å²) in [6.45, 7) is 2.14. The second-order valence-electron chi connectivity index (χ2n) is 2.69. The summed E-state index contributed by atoms with van der Waals surface area (Å²) >= 11 is 3.47. The van der Waals surface area contributed by atoms with Gasteiger partial charge in [0.2, 0.25) is 0 Å². The Labute approximate surface area is 70.5 Å². The fourth-order valence-electron chi connectivity index (χ4n) is 0. The minimum Gasteiger partial charge on any atom is -1.00 e. The Morgan fingerprint density at radius 2 is 1.38 bits per heavy atom. The molecule has 0 aromatic rings. The molecule has 0 fully saturated rings. The standard InChI is InChI=1S/C5H13BrN.BrH/c1-5(6)7(2,3)4;/h5H,1-4H3;1H/q+1;/p-1. The number of hydrogen-bond acceptors (Lipinski definition) is 0. The van der Waals surface area contributed by atoms with E-state index in [0.29, 0.717) is 4.95 Å². The summed E-state index contributed by atoms with van der Waals surface area (Å²) in [5.41, 5.74) is 0. The summed E-state index contributed by atoms with van der Waals surface area (Å²) in [5.74, 6) is 0. The Balaban J connectivity index is 0. The van der Waals surface area contributed by atoms with Crippen molar-refractivity contribution in [2.75, 3.05) is 21.1 Å². The Morgan fingerprint density at radius 1 is 1.25 bits per heavy atom. The maximum atomic E-state index is 3.47. The lowest BCUT2D eigenvalue weighted by Gasteiger charge is -2.26. The van der Waals surface area contributed by atoms with Crippen molar-refractivity contribution in [2.45, 2.75) is 11.9 Å². The molecule has 0 aromatic heterocycles.